The molecule has 4 heterocycles. The molecule has 6 nitrogen and oxygen atoms in total. The number of aromatic nitrogens is 6. The smallest absolute Gasteiger partial charge is 0.147 e. The zero-order chi connectivity index (χ0) is 18.4. The van der Waals surface area contributed by atoms with E-state index in [-0.39, 0.29) is 12.7 Å². The lowest BCUT2D eigenvalue weighted by atomic mass is 10.1. The molecule has 138 valence electrons. The Morgan fingerprint density at radius 3 is 2.85 bits per heavy atom. The highest BCUT2D eigenvalue weighted by Gasteiger charge is 2.32. The molecule has 1 unspecified atom stereocenters. The molecule has 1 saturated carbocycles. The van der Waals surface area contributed by atoms with Gasteiger partial charge in [0.2, 0.25) is 0 Å². The minimum atomic E-state index is -0.283. The molecular formula is C20H21FN6. The van der Waals surface area contributed by atoms with Gasteiger partial charge in [-0.15, -0.1) is 0 Å². The molecule has 1 aliphatic rings. The Kier molecular flexibility index (Phi) is 3.81. The van der Waals surface area contributed by atoms with Crippen molar-refractivity contribution in [3.63, 3.8) is 0 Å². The van der Waals surface area contributed by atoms with Crippen molar-refractivity contribution in [2.24, 2.45) is 13.0 Å². The highest BCUT2D eigenvalue weighted by atomic mass is 19.1. The van der Waals surface area contributed by atoms with Gasteiger partial charge in [0, 0.05) is 61.3 Å². The van der Waals surface area contributed by atoms with Crippen LogP contribution in [-0.2, 0) is 7.05 Å². The van der Waals surface area contributed by atoms with Crippen molar-refractivity contribution in [1.29, 1.82) is 0 Å². The standard InChI is InChI=1S/C20H21FN6/c1-25-12-16(11-23-25)17-10-19-22-7-9-27(19)20(24-17)15-5-8-26(13-15)18(4-6-21)14-2-3-14/h5,7-14,18H,2-4,6H2,1H3. The molecule has 0 amide bonds. The van der Waals surface area contributed by atoms with Gasteiger partial charge in [-0.2, -0.15) is 5.10 Å². The molecule has 1 fully saturated rings. The minimum Gasteiger partial charge on any atom is -0.350 e. The summed E-state index contributed by atoms with van der Waals surface area (Å²) in [6, 6.07) is 4.26. The summed E-state index contributed by atoms with van der Waals surface area (Å²) in [7, 11) is 1.89. The van der Waals surface area contributed by atoms with E-state index in [1.54, 1.807) is 17.1 Å². The fraction of sp³-hybridized carbons (Fsp3) is 0.350. The van der Waals surface area contributed by atoms with Crippen LogP contribution >= 0.6 is 0 Å². The highest BCUT2D eigenvalue weighted by Crippen LogP contribution is 2.42. The normalized spacial score (nSPS) is 15.5. The highest BCUT2D eigenvalue weighted by molar-refractivity contribution is 5.68. The Bertz CT molecular complexity index is 1090. The van der Waals surface area contributed by atoms with Crippen LogP contribution in [-0.4, -0.2) is 35.4 Å². The van der Waals surface area contributed by atoms with E-state index in [2.05, 4.69) is 33.1 Å². The molecule has 0 radical (unpaired) electrons. The van der Waals surface area contributed by atoms with E-state index in [1.807, 2.05) is 29.9 Å². The van der Waals surface area contributed by atoms with Gasteiger partial charge in [-0.25, -0.2) is 9.97 Å². The summed E-state index contributed by atoms with van der Waals surface area (Å²) in [5.41, 5.74) is 3.64. The lowest BCUT2D eigenvalue weighted by molar-refractivity contribution is 0.352. The third-order valence-electron chi connectivity index (χ3n) is 5.32. The van der Waals surface area contributed by atoms with Crippen molar-refractivity contribution < 1.29 is 4.39 Å². The first-order valence-corrected chi connectivity index (χ1v) is 9.30. The van der Waals surface area contributed by atoms with Crippen LogP contribution < -0.4 is 0 Å². The van der Waals surface area contributed by atoms with E-state index < -0.39 is 0 Å². The van der Waals surface area contributed by atoms with Crippen molar-refractivity contribution in [3.05, 3.63) is 49.3 Å². The summed E-state index contributed by atoms with van der Waals surface area (Å²) in [6.07, 6.45) is 14.5. The summed E-state index contributed by atoms with van der Waals surface area (Å²) >= 11 is 0. The lowest BCUT2D eigenvalue weighted by Gasteiger charge is -2.16. The molecule has 0 aliphatic heterocycles. The van der Waals surface area contributed by atoms with Gasteiger partial charge < -0.3 is 4.57 Å². The zero-order valence-electron chi connectivity index (χ0n) is 15.2. The quantitative estimate of drug-likeness (QED) is 0.521. The minimum absolute atomic E-state index is 0.239. The second-order valence-electron chi connectivity index (χ2n) is 7.25. The van der Waals surface area contributed by atoms with Gasteiger partial charge in [-0.3, -0.25) is 13.5 Å². The van der Waals surface area contributed by atoms with Crippen LogP contribution in [0.3, 0.4) is 0 Å². The van der Waals surface area contributed by atoms with E-state index in [4.69, 9.17) is 4.98 Å². The predicted molar refractivity (Wildman–Crippen MR) is 101 cm³/mol. The van der Waals surface area contributed by atoms with E-state index in [0.717, 1.165) is 28.3 Å². The number of rotatable bonds is 6. The molecule has 5 rings (SSSR count). The van der Waals surface area contributed by atoms with Crippen LogP contribution in [0.25, 0.3) is 28.3 Å². The molecule has 4 aromatic rings. The number of aryl methyl sites for hydroxylation is 1. The van der Waals surface area contributed by atoms with Crippen molar-refractivity contribution in [2.75, 3.05) is 6.67 Å². The number of alkyl halides is 1. The zero-order valence-corrected chi connectivity index (χ0v) is 15.2. The first-order chi connectivity index (χ1) is 13.2. The molecule has 0 N–H and O–H groups in total. The number of fused-ring (bicyclic) bond motifs is 1. The Balaban J connectivity index is 1.59. The van der Waals surface area contributed by atoms with Gasteiger partial charge in [0.25, 0.3) is 0 Å². The number of halogens is 1. The molecule has 1 atom stereocenters. The summed E-state index contributed by atoms with van der Waals surface area (Å²) in [5, 5.41) is 4.25. The summed E-state index contributed by atoms with van der Waals surface area (Å²) in [6.45, 7) is -0.283. The number of hydrogen-bond donors (Lipinski definition) is 0. The molecule has 0 spiro atoms. The van der Waals surface area contributed by atoms with Crippen molar-refractivity contribution in [1.82, 2.24) is 28.7 Å². The fourth-order valence-electron chi connectivity index (χ4n) is 3.80. The number of nitrogens with zero attached hydrogens (tertiary/aromatic N) is 6. The molecule has 1 aliphatic carbocycles. The number of hydrogen-bond acceptors (Lipinski definition) is 3. The van der Waals surface area contributed by atoms with Crippen LogP contribution in [0, 0.1) is 5.92 Å². The summed E-state index contributed by atoms with van der Waals surface area (Å²) in [5.74, 6) is 1.43. The molecule has 27 heavy (non-hydrogen) atoms. The van der Waals surface area contributed by atoms with Crippen LogP contribution in [0.5, 0.6) is 0 Å². The monoisotopic (exact) mass is 364 g/mol. The van der Waals surface area contributed by atoms with Gasteiger partial charge in [0.1, 0.15) is 11.5 Å². The predicted octanol–water partition coefficient (Wildman–Crippen LogP) is 3.91. The van der Waals surface area contributed by atoms with Gasteiger partial charge in [0.05, 0.1) is 18.6 Å². The van der Waals surface area contributed by atoms with Gasteiger partial charge in [0.15, 0.2) is 0 Å². The third-order valence-corrected chi connectivity index (χ3v) is 5.32. The van der Waals surface area contributed by atoms with Crippen LogP contribution in [0.2, 0.25) is 0 Å². The van der Waals surface area contributed by atoms with E-state index in [1.165, 1.54) is 12.8 Å². The topological polar surface area (TPSA) is 52.9 Å². The maximum absolute atomic E-state index is 13.0. The fourth-order valence-corrected chi connectivity index (χ4v) is 3.80. The first-order valence-electron chi connectivity index (χ1n) is 9.30. The Morgan fingerprint density at radius 1 is 1.22 bits per heavy atom. The van der Waals surface area contributed by atoms with Crippen LogP contribution in [0.1, 0.15) is 25.3 Å². The van der Waals surface area contributed by atoms with Gasteiger partial charge in [-0.05, 0) is 31.2 Å². The molecule has 0 saturated heterocycles. The first kappa shape index (κ1) is 16.2. The summed E-state index contributed by atoms with van der Waals surface area (Å²) < 4.78 is 18.9. The Labute approximate surface area is 156 Å². The van der Waals surface area contributed by atoms with Crippen molar-refractivity contribution in [2.45, 2.75) is 25.3 Å². The van der Waals surface area contributed by atoms with Gasteiger partial charge in [-0.1, -0.05) is 0 Å². The Morgan fingerprint density at radius 2 is 2.11 bits per heavy atom. The molecule has 4 aromatic heterocycles. The van der Waals surface area contributed by atoms with E-state index in [0.29, 0.717) is 12.3 Å². The number of imidazole rings is 1. The third kappa shape index (κ3) is 2.93. The average molecular weight is 364 g/mol. The molecule has 0 aromatic carbocycles. The van der Waals surface area contributed by atoms with Gasteiger partial charge >= 0.3 is 0 Å². The second kappa shape index (κ2) is 6.33. The Hall–Kier alpha value is -2.96. The van der Waals surface area contributed by atoms with E-state index in [9.17, 15) is 4.39 Å². The molecule has 7 heteroatoms. The lowest BCUT2D eigenvalue weighted by Crippen LogP contribution is -2.10. The van der Waals surface area contributed by atoms with Crippen LogP contribution in [0.4, 0.5) is 4.39 Å². The maximum atomic E-state index is 13.0. The maximum Gasteiger partial charge on any atom is 0.147 e. The second-order valence-corrected chi connectivity index (χ2v) is 7.25. The summed E-state index contributed by atoms with van der Waals surface area (Å²) in [4.78, 5) is 9.34. The molecule has 0 bridgehead atoms. The largest absolute Gasteiger partial charge is 0.350 e. The van der Waals surface area contributed by atoms with Crippen LogP contribution in [0.15, 0.2) is 49.3 Å². The molecular weight excluding hydrogens is 343 g/mol. The van der Waals surface area contributed by atoms with E-state index >= 15 is 0 Å². The SMILES string of the molecule is Cn1cc(-c2cc3nccn3c(-c3ccn(C(CCF)C4CC4)c3)n2)cn1. The average Bonchev–Trinajstić information content (AvgIpc) is 3.07. The van der Waals surface area contributed by atoms with Crippen molar-refractivity contribution in [3.8, 4) is 22.6 Å². The van der Waals surface area contributed by atoms with Crippen molar-refractivity contribution >= 4 is 5.65 Å².